The number of halogens is 1. The summed E-state index contributed by atoms with van der Waals surface area (Å²) < 4.78 is 6.61. The highest BCUT2D eigenvalue weighted by atomic mass is 35.5. The number of piperidine rings is 1. The van der Waals surface area contributed by atoms with Gasteiger partial charge in [0.15, 0.2) is 0 Å². The number of nitrogens with one attached hydrogen (secondary N) is 1. The zero-order valence-electron chi connectivity index (χ0n) is 20.5. The smallest absolute Gasteiger partial charge is 0.204 e. The fraction of sp³-hybridized carbons (Fsp3) is 0.593. The summed E-state index contributed by atoms with van der Waals surface area (Å²) in [6.45, 7) is 10.5. The minimum absolute atomic E-state index is 0.0341. The number of nitrogens with zero attached hydrogens (tertiary/aromatic N) is 2. The molecule has 2 aromatic rings. The van der Waals surface area contributed by atoms with Gasteiger partial charge in [0.1, 0.15) is 11.7 Å². The number of hydrogen-bond donors (Lipinski definition) is 1. The first-order valence-corrected chi connectivity index (χ1v) is 13.0. The van der Waals surface area contributed by atoms with E-state index in [0.29, 0.717) is 10.9 Å². The summed E-state index contributed by atoms with van der Waals surface area (Å²) >= 11 is 6.10. The number of hydrogen-bond acceptors (Lipinski definition) is 6. The van der Waals surface area contributed by atoms with Gasteiger partial charge in [-0.25, -0.2) is 9.78 Å². The summed E-state index contributed by atoms with van der Waals surface area (Å²) in [5, 5.41) is 5.38. The Bertz CT molecular complexity index is 1050. The Hall–Kier alpha value is -1.70. The minimum atomic E-state index is -0.619. The molecule has 2 saturated heterocycles. The maximum Gasteiger partial charge on any atom is 0.204 e. The lowest BCUT2D eigenvalue weighted by Gasteiger charge is -2.51. The van der Waals surface area contributed by atoms with Gasteiger partial charge in [0.05, 0.1) is 5.52 Å². The Balaban J connectivity index is 1.11. The van der Waals surface area contributed by atoms with Crippen LogP contribution in [0.2, 0.25) is 5.02 Å². The van der Waals surface area contributed by atoms with Crippen LogP contribution in [0.25, 0.3) is 10.9 Å². The fourth-order valence-corrected chi connectivity index (χ4v) is 5.43. The second kappa shape index (κ2) is 9.75. The van der Waals surface area contributed by atoms with Crippen molar-refractivity contribution in [1.82, 2.24) is 9.88 Å². The van der Waals surface area contributed by atoms with Crippen LogP contribution in [0.15, 0.2) is 42.1 Å². The van der Waals surface area contributed by atoms with Gasteiger partial charge in [-0.3, -0.25) is 4.98 Å². The quantitative estimate of drug-likeness (QED) is 0.309. The molecule has 1 aromatic heterocycles. The van der Waals surface area contributed by atoms with E-state index in [1.807, 2.05) is 30.5 Å². The lowest BCUT2D eigenvalue weighted by atomic mass is 9.80. The molecule has 1 aliphatic carbocycles. The SMILES string of the molecule is CC(C)C1=C[C@@H]2OC3(CCN(CCCNc4ccnc5cc(Cl)ccc45)CC3)OO[C@]2(C)CC1. The third-order valence-electron chi connectivity index (χ3n) is 7.63. The molecule has 2 fully saturated rings. The van der Waals surface area contributed by atoms with Crippen molar-refractivity contribution in [1.29, 1.82) is 0 Å². The molecular weight excluding hydrogens is 450 g/mol. The first-order valence-electron chi connectivity index (χ1n) is 12.6. The largest absolute Gasteiger partial charge is 0.384 e. The van der Waals surface area contributed by atoms with E-state index in [9.17, 15) is 0 Å². The van der Waals surface area contributed by atoms with Gasteiger partial charge >= 0.3 is 0 Å². The predicted octanol–water partition coefficient (Wildman–Crippen LogP) is 5.96. The summed E-state index contributed by atoms with van der Waals surface area (Å²) in [7, 11) is 0. The monoisotopic (exact) mass is 485 g/mol. The molecule has 2 atom stereocenters. The molecule has 5 rings (SSSR count). The number of aromatic nitrogens is 1. The van der Waals surface area contributed by atoms with Gasteiger partial charge in [0.25, 0.3) is 0 Å². The molecule has 1 aromatic carbocycles. The normalized spacial score (nSPS) is 27.1. The molecule has 0 saturated carbocycles. The molecule has 2 aliphatic heterocycles. The molecule has 0 amide bonds. The van der Waals surface area contributed by atoms with E-state index >= 15 is 0 Å². The number of ether oxygens (including phenoxy) is 1. The van der Waals surface area contributed by atoms with Crippen LogP contribution in [0, 0.1) is 5.92 Å². The Labute approximate surface area is 207 Å². The second-order valence-corrected chi connectivity index (χ2v) is 10.9. The van der Waals surface area contributed by atoms with Crippen LogP contribution in [-0.2, 0) is 14.5 Å². The third kappa shape index (κ3) is 4.98. The molecule has 0 radical (unpaired) electrons. The van der Waals surface area contributed by atoms with Gasteiger partial charge in [0, 0.05) is 54.8 Å². The lowest BCUT2D eigenvalue weighted by molar-refractivity contribution is -0.527. The summed E-state index contributed by atoms with van der Waals surface area (Å²) in [5.41, 5.74) is 3.11. The van der Waals surface area contributed by atoms with Crippen LogP contribution in [-0.4, -0.2) is 53.6 Å². The number of benzene rings is 1. The first-order chi connectivity index (χ1) is 16.4. The molecule has 6 nitrogen and oxygen atoms in total. The number of fused-ring (bicyclic) bond motifs is 2. The molecule has 1 N–H and O–H groups in total. The molecule has 3 heterocycles. The molecule has 0 unspecified atom stereocenters. The number of pyridine rings is 1. The first kappa shape index (κ1) is 24.0. The molecule has 0 bridgehead atoms. The van der Waals surface area contributed by atoms with Crippen molar-refractivity contribution in [2.45, 2.75) is 70.4 Å². The van der Waals surface area contributed by atoms with Crippen LogP contribution in [0.4, 0.5) is 5.69 Å². The predicted molar refractivity (Wildman–Crippen MR) is 136 cm³/mol. The third-order valence-corrected chi connectivity index (χ3v) is 7.87. The minimum Gasteiger partial charge on any atom is -0.384 e. The molecule has 184 valence electrons. The van der Waals surface area contributed by atoms with Crippen molar-refractivity contribution in [3.05, 3.63) is 47.1 Å². The van der Waals surface area contributed by atoms with Gasteiger partial charge in [-0.2, -0.15) is 0 Å². The number of anilines is 1. The highest BCUT2D eigenvalue weighted by Gasteiger charge is 2.52. The van der Waals surface area contributed by atoms with E-state index in [4.69, 9.17) is 26.1 Å². The maximum atomic E-state index is 6.61. The number of rotatable bonds is 6. The molecule has 1 spiro atoms. The van der Waals surface area contributed by atoms with Crippen molar-refractivity contribution < 1.29 is 14.5 Å². The highest BCUT2D eigenvalue weighted by molar-refractivity contribution is 6.31. The Morgan fingerprint density at radius 3 is 2.79 bits per heavy atom. The van der Waals surface area contributed by atoms with E-state index in [1.165, 1.54) is 5.57 Å². The van der Waals surface area contributed by atoms with Crippen molar-refractivity contribution >= 4 is 28.2 Å². The van der Waals surface area contributed by atoms with Crippen molar-refractivity contribution in [3.63, 3.8) is 0 Å². The maximum absolute atomic E-state index is 6.61. The summed E-state index contributed by atoms with van der Waals surface area (Å²) in [6, 6.07) is 7.87. The summed E-state index contributed by atoms with van der Waals surface area (Å²) in [5.74, 6) is -0.0724. The molecule has 34 heavy (non-hydrogen) atoms. The Kier molecular flexibility index (Phi) is 6.88. The summed E-state index contributed by atoms with van der Waals surface area (Å²) in [4.78, 5) is 18.9. The van der Waals surface area contributed by atoms with E-state index in [0.717, 1.165) is 74.9 Å². The van der Waals surface area contributed by atoms with Crippen molar-refractivity contribution in [2.75, 3.05) is 31.5 Å². The second-order valence-electron chi connectivity index (χ2n) is 10.5. The molecular formula is C27H36ClN3O3. The Morgan fingerprint density at radius 1 is 1.18 bits per heavy atom. The van der Waals surface area contributed by atoms with E-state index in [2.05, 4.69) is 42.0 Å². The van der Waals surface area contributed by atoms with E-state index in [-0.39, 0.29) is 11.7 Å². The lowest BCUT2D eigenvalue weighted by Crippen LogP contribution is -2.60. The average Bonchev–Trinajstić information content (AvgIpc) is 2.83. The van der Waals surface area contributed by atoms with Crippen LogP contribution >= 0.6 is 11.6 Å². The van der Waals surface area contributed by atoms with Crippen LogP contribution in [0.1, 0.15) is 52.9 Å². The fourth-order valence-electron chi connectivity index (χ4n) is 5.26. The standard InChI is InChI=1S/C27H36ClN3O3/c1-19(2)20-7-9-26(3)25(17-20)32-27(34-33-26)10-15-31(16-11-27)14-4-12-29-23-8-13-30-24-18-21(28)5-6-22(23)24/h5-6,8,13,17-19,25H,4,7,9-12,14-16H2,1-3H3,(H,29,30)/t25-,26+/m0/s1. The number of allylic oxidation sites excluding steroid dienone is 1. The van der Waals surface area contributed by atoms with Gasteiger partial charge in [-0.05, 0) is 62.9 Å². The van der Waals surface area contributed by atoms with E-state index < -0.39 is 5.79 Å². The van der Waals surface area contributed by atoms with Gasteiger partial charge in [-0.15, -0.1) is 0 Å². The zero-order chi connectivity index (χ0) is 23.8. The molecule has 3 aliphatic rings. The van der Waals surface area contributed by atoms with Gasteiger partial charge in [0.2, 0.25) is 5.79 Å². The van der Waals surface area contributed by atoms with Crippen LogP contribution < -0.4 is 5.32 Å². The van der Waals surface area contributed by atoms with Crippen LogP contribution in [0.3, 0.4) is 0 Å². The number of likely N-dealkylation sites (tertiary alicyclic amines) is 1. The zero-order valence-corrected chi connectivity index (χ0v) is 21.2. The van der Waals surface area contributed by atoms with Crippen LogP contribution in [0.5, 0.6) is 0 Å². The van der Waals surface area contributed by atoms with Crippen molar-refractivity contribution in [2.24, 2.45) is 5.92 Å². The van der Waals surface area contributed by atoms with Gasteiger partial charge in [-0.1, -0.05) is 37.1 Å². The van der Waals surface area contributed by atoms with Crippen molar-refractivity contribution in [3.8, 4) is 0 Å². The van der Waals surface area contributed by atoms with Gasteiger partial charge < -0.3 is 15.0 Å². The molecule has 7 heteroatoms. The summed E-state index contributed by atoms with van der Waals surface area (Å²) in [6.07, 6.45) is 8.80. The highest BCUT2D eigenvalue weighted by Crippen LogP contribution is 2.44. The topological polar surface area (TPSA) is 55.9 Å². The Morgan fingerprint density at radius 2 is 2.00 bits per heavy atom. The average molecular weight is 486 g/mol. The van der Waals surface area contributed by atoms with E-state index in [1.54, 1.807) is 0 Å².